The zero-order valence-electron chi connectivity index (χ0n) is 18.8. The van der Waals surface area contributed by atoms with E-state index in [-0.39, 0.29) is 6.61 Å². The highest BCUT2D eigenvalue weighted by Gasteiger charge is 2.29. The molecule has 1 amide bonds. The minimum atomic E-state index is -0.785. The van der Waals surface area contributed by atoms with Crippen LogP contribution in [0.2, 0.25) is 0 Å². The smallest absolute Gasteiger partial charge is 0.409 e. The molecule has 0 bridgehead atoms. The summed E-state index contributed by atoms with van der Waals surface area (Å²) in [4.78, 5) is 17.7. The van der Waals surface area contributed by atoms with Crippen LogP contribution in [0.4, 0.5) is 4.79 Å². The number of hydrogen-bond acceptors (Lipinski definition) is 6. The Hall–Kier alpha value is -4.46. The summed E-state index contributed by atoms with van der Waals surface area (Å²) in [6.07, 6.45) is -1.39. The zero-order chi connectivity index (χ0) is 23.5. The van der Waals surface area contributed by atoms with Gasteiger partial charge in [0, 0.05) is 11.1 Å². The van der Waals surface area contributed by atoms with Gasteiger partial charge < -0.3 is 9.47 Å². The van der Waals surface area contributed by atoms with E-state index in [1.54, 1.807) is 7.11 Å². The average Bonchev–Trinajstić information content (AvgIpc) is 3.20. The third-order valence-corrected chi connectivity index (χ3v) is 5.58. The molecule has 1 aliphatic rings. The number of alkyl carbamates (subject to hydrolysis) is 1. The molecular formula is C26H23N5O3. The molecule has 0 saturated heterocycles. The molecule has 1 atom stereocenters. The van der Waals surface area contributed by atoms with Crippen LogP contribution in [-0.4, -0.2) is 33.7 Å². The van der Waals surface area contributed by atoms with Crippen molar-refractivity contribution in [3.8, 4) is 11.4 Å². The van der Waals surface area contributed by atoms with E-state index in [1.165, 1.54) is 0 Å². The number of nitrogens with zero attached hydrogens (tertiary/aromatic N) is 4. The van der Waals surface area contributed by atoms with Crippen molar-refractivity contribution in [2.24, 2.45) is 4.99 Å². The van der Waals surface area contributed by atoms with Gasteiger partial charge in [-0.25, -0.2) is 4.79 Å². The summed E-state index contributed by atoms with van der Waals surface area (Å²) in [5.74, 6) is 1.95. The maximum Gasteiger partial charge on any atom is 0.409 e. The van der Waals surface area contributed by atoms with Crippen molar-refractivity contribution in [1.82, 2.24) is 20.1 Å². The fraction of sp³-hybridized carbons (Fsp3) is 0.154. The monoisotopic (exact) mass is 453 g/mol. The topological polar surface area (TPSA) is 90.6 Å². The predicted octanol–water partition coefficient (Wildman–Crippen LogP) is 4.36. The Morgan fingerprint density at radius 3 is 2.47 bits per heavy atom. The number of hydrogen-bond donors (Lipinski definition) is 1. The first-order valence-electron chi connectivity index (χ1n) is 10.8. The third-order valence-electron chi connectivity index (χ3n) is 5.58. The molecule has 8 heteroatoms. The van der Waals surface area contributed by atoms with Crippen LogP contribution >= 0.6 is 0 Å². The number of carbonyl (C=O) groups excluding carboxylic acids is 1. The van der Waals surface area contributed by atoms with Crippen LogP contribution in [0.1, 0.15) is 34.5 Å². The Bertz CT molecular complexity index is 1350. The molecule has 1 N–H and O–H groups in total. The van der Waals surface area contributed by atoms with E-state index in [0.717, 1.165) is 33.8 Å². The van der Waals surface area contributed by atoms with Gasteiger partial charge in [-0.1, -0.05) is 60.7 Å². The number of benzene rings is 3. The van der Waals surface area contributed by atoms with Gasteiger partial charge in [0.15, 0.2) is 12.0 Å². The summed E-state index contributed by atoms with van der Waals surface area (Å²) < 4.78 is 12.6. The lowest BCUT2D eigenvalue weighted by molar-refractivity contribution is 0.135. The quantitative estimate of drug-likeness (QED) is 0.485. The highest BCUT2D eigenvalue weighted by atomic mass is 16.5. The predicted molar refractivity (Wildman–Crippen MR) is 127 cm³/mol. The molecule has 8 nitrogen and oxygen atoms in total. The van der Waals surface area contributed by atoms with Crippen LogP contribution in [0.25, 0.3) is 5.69 Å². The SMILES string of the molecule is COc1ccc(COC(=O)NC2N=C(c3ccccc3)c3ccccc3-n3c(C)nnc32)cc1. The van der Waals surface area contributed by atoms with Crippen molar-refractivity contribution in [2.75, 3.05) is 7.11 Å². The van der Waals surface area contributed by atoms with E-state index < -0.39 is 12.3 Å². The molecule has 4 aromatic rings. The minimum Gasteiger partial charge on any atom is -0.497 e. The first-order chi connectivity index (χ1) is 16.6. The molecular weight excluding hydrogens is 430 g/mol. The zero-order valence-corrected chi connectivity index (χ0v) is 18.8. The second-order valence-electron chi connectivity index (χ2n) is 7.77. The molecule has 34 heavy (non-hydrogen) atoms. The molecule has 1 aliphatic heterocycles. The highest BCUT2D eigenvalue weighted by Crippen LogP contribution is 2.29. The van der Waals surface area contributed by atoms with Crippen LogP contribution < -0.4 is 10.1 Å². The number of methoxy groups -OCH3 is 1. The van der Waals surface area contributed by atoms with Crippen molar-refractivity contribution in [3.05, 3.63) is 107 Å². The van der Waals surface area contributed by atoms with Gasteiger partial charge in [0.2, 0.25) is 0 Å². The third kappa shape index (κ3) is 4.13. The Balaban J connectivity index is 1.47. The lowest BCUT2D eigenvalue weighted by Gasteiger charge is -2.14. The number of aromatic nitrogens is 3. The van der Waals surface area contributed by atoms with E-state index in [1.807, 2.05) is 90.4 Å². The Morgan fingerprint density at radius 2 is 1.71 bits per heavy atom. The van der Waals surface area contributed by atoms with Crippen LogP contribution in [0.5, 0.6) is 5.75 Å². The van der Waals surface area contributed by atoms with Gasteiger partial charge in [-0.2, -0.15) is 0 Å². The number of aliphatic imine (C=N–C) groups is 1. The van der Waals surface area contributed by atoms with Crippen molar-refractivity contribution in [2.45, 2.75) is 19.7 Å². The van der Waals surface area contributed by atoms with E-state index in [0.29, 0.717) is 11.6 Å². The van der Waals surface area contributed by atoms with Crippen molar-refractivity contribution in [3.63, 3.8) is 0 Å². The summed E-state index contributed by atoms with van der Waals surface area (Å²) in [6, 6.07) is 25.1. The maximum absolute atomic E-state index is 12.8. The number of fused-ring (bicyclic) bond motifs is 3. The molecule has 0 aliphatic carbocycles. The number of rotatable bonds is 5. The normalized spacial score (nSPS) is 14.3. The van der Waals surface area contributed by atoms with Gasteiger partial charge >= 0.3 is 6.09 Å². The van der Waals surface area contributed by atoms with E-state index in [9.17, 15) is 4.79 Å². The number of para-hydroxylation sites is 1. The molecule has 0 fully saturated rings. The first kappa shape index (κ1) is 21.4. The Kier molecular flexibility index (Phi) is 5.78. The molecule has 3 aromatic carbocycles. The lowest BCUT2D eigenvalue weighted by atomic mass is 10.0. The van der Waals surface area contributed by atoms with Gasteiger partial charge in [0.25, 0.3) is 0 Å². The Labute approximate surface area is 196 Å². The fourth-order valence-electron chi connectivity index (χ4n) is 3.93. The minimum absolute atomic E-state index is 0.115. The van der Waals surface area contributed by atoms with Gasteiger partial charge in [0.05, 0.1) is 18.5 Å². The molecule has 0 saturated carbocycles. The number of aryl methyl sites for hydroxylation is 1. The second-order valence-corrected chi connectivity index (χ2v) is 7.77. The van der Waals surface area contributed by atoms with Crippen LogP contribution in [0, 0.1) is 6.92 Å². The molecule has 170 valence electrons. The van der Waals surface area contributed by atoms with E-state index in [4.69, 9.17) is 14.5 Å². The Morgan fingerprint density at radius 1 is 0.971 bits per heavy atom. The summed E-state index contributed by atoms with van der Waals surface area (Å²) >= 11 is 0. The number of nitrogens with one attached hydrogen (secondary N) is 1. The van der Waals surface area contributed by atoms with Gasteiger partial charge in [0.1, 0.15) is 18.2 Å². The number of amides is 1. The van der Waals surface area contributed by atoms with Crippen LogP contribution in [-0.2, 0) is 11.3 Å². The second kappa shape index (κ2) is 9.19. The average molecular weight is 454 g/mol. The van der Waals surface area contributed by atoms with Gasteiger partial charge in [-0.3, -0.25) is 14.9 Å². The molecule has 0 spiro atoms. The van der Waals surface area contributed by atoms with Crippen molar-refractivity contribution in [1.29, 1.82) is 0 Å². The van der Waals surface area contributed by atoms with Crippen LogP contribution in [0.15, 0.2) is 83.9 Å². The standard InChI is InChI=1S/C26H23N5O3/c1-17-29-30-25-24(28-26(32)34-16-18-12-14-20(33-2)15-13-18)27-23(19-8-4-3-5-9-19)21-10-6-7-11-22(21)31(17)25/h3-15,24H,16H2,1-2H3,(H,28,32). The summed E-state index contributed by atoms with van der Waals surface area (Å²) in [6.45, 7) is 1.99. The molecule has 2 heterocycles. The molecule has 1 unspecified atom stereocenters. The largest absolute Gasteiger partial charge is 0.497 e. The highest BCUT2D eigenvalue weighted by molar-refractivity contribution is 6.15. The van der Waals surface area contributed by atoms with Crippen LogP contribution in [0.3, 0.4) is 0 Å². The number of carbonyl (C=O) groups is 1. The van der Waals surface area contributed by atoms with Crippen molar-refractivity contribution < 1.29 is 14.3 Å². The maximum atomic E-state index is 12.8. The van der Waals surface area contributed by atoms with Crippen molar-refractivity contribution >= 4 is 11.8 Å². The first-order valence-corrected chi connectivity index (χ1v) is 10.8. The number of ether oxygens (including phenoxy) is 2. The van der Waals surface area contributed by atoms with Gasteiger partial charge in [-0.15, -0.1) is 10.2 Å². The molecule has 5 rings (SSSR count). The summed E-state index contributed by atoms with van der Waals surface area (Å²) in [5, 5.41) is 11.4. The lowest BCUT2D eigenvalue weighted by Crippen LogP contribution is -2.30. The molecule has 1 aromatic heterocycles. The van der Waals surface area contributed by atoms with E-state index >= 15 is 0 Å². The summed E-state index contributed by atoms with van der Waals surface area (Å²) in [5.41, 5.74) is 4.36. The van der Waals surface area contributed by atoms with Gasteiger partial charge in [-0.05, 0) is 30.7 Å². The fourth-order valence-corrected chi connectivity index (χ4v) is 3.93. The summed E-state index contributed by atoms with van der Waals surface area (Å²) in [7, 11) is 1.61. The molecule has 0 radical (unpaired) electrons. The van der Waals surface area contributed by atoms with E-state index in [2.05, 4.69) is 15.5 Å².